The van der Waals surface area contributed by atoms with Crippen molar-refractivity contribution in [1.29, 1.82) is 0 Å². The van der Waals surface area contributed by atoms with Crippen molar-refractivity contribution in [2.24, 2.45) is 0 Å². The van der Waals surface area contributed by atoms with Gasteiger partial charge in [0.05, 0.1) is 17.9 Å². The Kier molecular flexibility index (Phi) is 41.1. The van der Waals surface area contributed by atoms with Gasteiger partial charge < -0.3 is 15.5 Å². The topological polar surface area (TPSA) is 124 Å². The van der Waals surface area contributed by atoms with E-state index in [0.29, 0.717) is 12.8 Å². The van der Waals surface area contributed by atoms with Gasteiger partial charge in [0, 0.05) is 0 Å². The molecular weight excluding hydrogens is 731 g/mol. The van der Waals surface area contributed by atoms with Gasteiger partial charge in [-0.2, -0.15) is 8.42 Å². The molecule has 0 aromatic rings. The van der Waals surface area contributed by atoms with Crippen molar-refractivity contribution in [3.63, 3.8) is 0 Å². The summed E-state index contributed by atoms with van der Waals surface area (Å²) in [7, 11) is -4.46. The average Bonchev–Trinajstić information content (AvgIpc) is 3.18. The Labute approximate surface area is 352 Å². The Hall–Kier alpha value is -1.74. The highest BCUT2D eigenvalue weighted by Gasteiger charge is 2.27. The second kappa shape index (κ2) is 42.4. The molecular formula is C49H91NO6S. The van der Waals surface area contributed by atoms with E-state index >= 15 is 0 Å². The molecule has 0 aromatic carbocycles. The van der Waals surface area contributed by atoms with E-state index in [9.17, 15) is 28.0 Å². The summed E-state index contributed by atoms with van der Waals surface area (Å²) in [4.78, 5) is 12.6. The minimum absolute atomic E-state index is 0.272. The third kappa shape index (κ3) is 42.2. The number of allylic oxidation sites excluding steroid dienone is 7. The van der Waals surface area contributed by atoms with Crippen LogP contribution in [0.3, 0.4) is 0 Å². The molecule has 4 N–H and O–H groups in total. The van der Waals surface area contributed by atoms with Gasteiger partial charge >= 0.3 is 0 Å². The molecule has 0 aliphatic rings. The molecule has 1 amide bonds. The summed E-state index contributed by atoms with van der Waals surface area (Å²) >= 11 is 0. The third-order valence-electron chi connectivity index (χ3n) is 10.8. The number of hydrogen-bond donors (Lipinski definition) is 4. The summed E-state index contributed by atoms with van der Waals surface area (Å²) in [6.45, 7) is 4.43. The fourth-order valence-electron chi connectivity index (χ4n) is 7.22. The van der Waals surface area contributed by atoms with E-state index in [1.807, 2.05) is 0 Å². The molecule has 0 fully saturated rings. The normalized spacial score (nSPS) is 14.1. The van der Waals surface area contributed by atoms with Gasteiger partial charge in [-0.05, 0) is 57.8 Å². The van der Waals surface area contributed by atoms with Crippen LogP contribution in [0.5, 0.6) is 0 Å². The zero-order valence-electron chi connectivity index (χ0n) is 37.1. The van der Waals surface area contributed by atoms with Gasteiger partial charge in [0.25, 0.3) is 10.1 Å². The molecule has 0 spiro atoms. The predicted octanol–water partition coefficient (Wildman–Crippen LogP) is 13.6. The second-order valence-corrected chi connectivity index (χ2v) is 18.0. The quantitative estimate of drug-likeness (QED) is 0.0276. The number of carbonyl (C=O) groups is 1. The first kappa shape index (κ1) is 55.3. The average molecular weight is 822 g/mol. The van der Waals surface area contributed by atoms with E-state index in [2.05, 4.69) is 55.6 Å². The lowest BCUT2D eigenvalue weighted by atomic mass is 10.0. The fourth-order valence-corrected chi connectivity index (χ4v) is 7.95. The number of rotatable bonds is 43. The standard InChI is InChI=1S/C49H91NO6S/c1-3-5-7-9-11-13-15-17-19-21-23-25-27-29-31-33-35-37-39-41-43-47(51)46(45-57(54,55)56)50-49(53)48(52)44-42-40-38-36-34-32-30-28-26-24-22-20-18-16-14-12-10-8-6-4-2/h6,8,12,14,33,35,41,43,46-48,51-52H,3-5,7,9-11,13,15-32,34,36-40,42,44-45H2,1-2H3,(H,50,53)(H,54,55,56)/b8-6-,14-12-,35-33+,43-41+. The summed E-state index contributed by atoms with van der Waals surface area (Å²) in [6, 6.07) is -1.25. The van der Waals surface area contributed by atoms with Crippen molar-refractivity contribution in [1.82, 2.24) is 5.32 Å². The number of hydrogen-bond acceptors (Lipinski definition) is 5. The first-order valence-corrected chi connectivity index (χ1v) is 25.6. The largest absolute Gasteiger partial charge is 0.387 e. The van der Waals surface area contributed by atoms with E-state index in [1.54, 1.807) is 6.08 Å². The van der Waals surface area contributed by atoms with Gasteiger partial charge in [0.15, 0.2) is 0 Å². The molecule has 0 aliphatic heterocycles. The van der Waals surface area contributed by atoms with Crippen LogP contribution >= 0.6 is 0 Å². The van der Waals surface area contributed by atoms with Crippen LogP contribution in [0.1, 0.15) is 232 Å². The lowest BCUT2D eigenvalue weighted by Crippen LogP contribution is -2.50. The van der Waals surface area contributed by atoms with Crippen LogP contribution < -0.4 is 5.32 Å². The number of aliphatic hydroxyl groups excluding tert-OH is 2. The summed E-state index contributed by atoms with van der Waals surface area (Å²) in [6.07, 6.45) is 54.6. The molecule has 0 saturated heterocycles. The monoisotopic (exact) mass is 822 g/mol. The Morgan fingerprint density at radius 2 is 0.895 bits per heavy atom. The number of carbonyl (C=O) groups excluding carboxylic acids is 1. The molecule has 3 unspecified atom stereocenters. The highest BCUT2D eigenvalue weighted by atomic mass is 32.2. The molecule has 0 saturated carbocycles. The van der Waals surface area contributed by atoms with Crippen LogP contribution in [0.4, 0.5) is 0 Å². The highest BCUT2D eigenvalue weighted by molar-refractivity contribution is 7.85. The maximum absolute atomic E-state index is 12.6. The van der Waals surface area contributed by atoms with E-state index in [4.69, 9.17) is 0 Å². The first-order valence-electron chi connectivity index (χ1n) is 23.9. The van der Waals surface area contributed by atoms with Crippen molar-refractivity contribution in [2.75, 3.05) is 5.75 Å². The van der Waals surface area contributed by atoms with Gasteiger partial charge in [0.1, 0.15) is 6.10 Å². The summed E-state index contributed by atoms with van der Waals surface area (Å²) in [5.41, 5.74) is 0. The third-order valence-corrected chi connectivity index (χ3v) is 11.6. The van der Waals surface area contributed by atoms with Gasteiger partial charge in [-0.25, -0.2) is 0 Å². The lowest BCUT2D eigenvalue weighted by molar-refractivity contribution is -0.130. The fraction of sp³-hybridized carbons (Fsp3) is 0.816. The molecule has 334 valence electrons. The van der Waals surface area contributed by atoms with Crippen LogP contribution in [0.15, 0.2) is 48.6 Å². The van der Waals surface area contributed by atoms with E-state index in [1.165, 1.54) is 160 Å². The molecule has 0 aliphatic carbocycles. The summed E-state index contributed by atoms with van der Waals surface area (Å²) in [5, 5.41) is 23.5. The number of amides is 1. The van der Waals surface area contributed by atoms with E-state index < -0.39 is 40.0 Å². The maximum atomic E-state index is 12.6. The summed E-state index contributed by atoms with van der Waals surface area (Å²) < 4.78 is 32.7. The lowest BCUT2D eigenvalue weighted by Gasteiger charge is -2.22. The first-order chi connectivity index (χ1) is 27.7. The van der Waals surface area contributed by atoms with Crippen LogP contribution in [-0.2, 0) is 14.9 Å². The molecule has 0 radical (unpaired) electrons. The molecule has 0 heterocycles. The minimum Gasteiger partial charge on any atom is -0.387 e. The Morgan fingerprint density at radius 1 is 0.509 bits per heavy atom. The van der Waals surface area contributed by atoms with Crippen molar-refractivity contribution in [2.45, 2.75) is 250 Å². The maximum Gasteiger partial charge on any atom is 0.267 e. The SMILES string of the molecule is CC/C=C\C/C=C\CCCCCCCCCCCCCCCC(O)C(=O)NC(CS(=O)(=O)O)C(O)/C=C/CC/C=C/CCCCCCCCCCCCCCCC. The van der Waals surface area contributed by atoms with Gasteiger partial charge in [0.2, 0.25) is 5.91 Å². The Morgan fingerprint density at radius 3 is 1.35 bits per heavy atom. The van der Waals surface area contributed by atoms with Gasteiger partial charge in [-0.3, -0.25) is 9.35 Å². The van der Waals surface area contributed by atoms with Crippen LogP contribution in [0, 0.1) is 0 Å². The van der Waals surface area contributed by atoms with Crippen molar-refractivity contribution < 1.29 is 28.0 Å². The zero-order valence-corrected chi connectivity index (χ0v) is 37.9. The Bertz CT molecular complexity index is 1100. The number of nitrogens with one attached hydrogen (secondary N) is 1. The molecule has 7 nitrogen and oxygen atoms in total. The molecule has 0 rings (SSSR count). The highest BCUT2D eigenvalue weighted by Crippen LogP contribution is 2.16. The van der Waals surface area contributed by atoms with Gasteiger partial charge in [-0.1, -0.05) is 223 Å². The second-order valence-electron chi connectivity index (χ2n) is 16.5. The number of unbranched alkanes of at least 4 members (excludes halogenated alkanes) is 28. The minimum atomic E-state index is -4.46. The summed E-state index contributed by atoms with van der Waals surface area (Å²) in [5.74, 6) is -1.55. The molecule has 57 heavy (non-hydrogen) atoms. The van der Waals surface area contributed by atoms with E-state index in [0.717, 1.165) is 44.9 Å². The van der Waals surface area contributed by atoms with Crippen LogP contribution in [-0.4, -0.2) is 53.1 Å². The van der Waals surface area contributed by atoms with Crippen molar-refractivity contribution in [3.8, 4) is 0 Å². The van der Waals surface area contributed by atoms with Crippen molar-refractivity contribution in [3.05, 3.63) is 48.6 Å². The smallest absolute Gasteiger partial charge is 0.267 e. The van der Waals surface area contributed by atoms with Crippen molar-refractivity contribution >= 4 is 16.0 Å². The predicted molar refractivity (Wildman–Crippen MR) is 245 cm³/mol. The molecule has 0 bridgehead atoms. The number of aliphatic hydroxyl groups is 2. The molecule has 8 heteroatoms. The zero-order chi connectivity index (χ0) is 41.9. The molecule has 0 aromatic heterocycles. The van der Waals surface area contributed by atoms with Crippen LogP contribution in [0.25, 0.3) is 0 Å². The Balaban J connectivity index is 3.97. The van der Waals surface area contributed by atoms with E-state index in [-0.39, 0.29) is 6.42 Å². The van der Waals surface area contributed by atoms with Crippen LogP contribution in [0.2, 0.25) is 0 Å². The molecule has 3 atom stereocenters. The van der Waals surface area contributed by atoms with Gasteiger partial charge in [-0.15, -0.1) is 0 Å².